The lowest BCUT2D eigenvalue weighted by atomic mass is 9.98. The average Bonchev–Trinajstić information content (AvgIpc) is 2.53. The van der Waals surface area contributed by atoms with Crippen molar-refractivity contribution in [3.63, 3.8) is 0 Å². The second-order valence-electron chi connectivity index (χ2n) is 5.04. The molecule has 20 heavy (non-hydrogen) atoms. The number of halogens is 1. The van der Waals surface area contributed by atoms with Crippen LogP contribution in [0.1, 0.15) is 22.3 Å². The van der Waals surface area contributed by atoms with Gasteiger partial charge in [-0.15, -0.1) is 0 Å². The minimum Gasteiger partial charge on any atom is -0.366 e. The highest BCUT2D eigenvalue weighted by Gasteiger charge is 2.18. The van der Waals surface area contributed by atoms with Crippen LogP contribution in [-0.2, 0) is 18.3 Å². The van der Waals surface area contributed by atoms with Crippen LogP contribution in [0.5, 0.6) is 0 Å². The standard InChI is InChI=1S/C17H15BrN2/c18-10-13-5-6-17(16(9-13)11-19)20-8-7-14-3-1-2-4-15(14)12-20/h1-6,9H,7-8,10,12H2. The van der Waals surface area contributed by atoms with Crippen molar-refractivity contribution in [1.29, 1.82) is 5.26 Å². The zero-order valence-electron chi connectivity index (χ0n) is 11.1. The second-order valence-corrected chi connectivity index (χ2v) is 5.60. The molecule has 0 radical (unpaired) electrons. The van der Waals surface area contributed by atoms with Crippen molar-refractivity contribution in [1.82, 2.24) is 0 Å². The summed E-state index contributed by atoms with van der Waals surface area (Å²) in [6.45, 7) is 1.86. The van der Waals surface area contributed by atoms with E-state index in [4.69, 9.17) is 0 Å². The molecule has 2 aromatic rings. The van der Waals surface area contributed by atoms with E-state index in [1.54, 1.807) is 0 Å². The van der Waals surface area contributed by atoms with Crippen LogP contribution in [0, 0.1) is 11.3 Å². The molecular formula is C17H15BrN2. The summed E-state index contributed by atoms with van der Waals surface area (Å²) in [7, 11) is 0. The predicted octanol–water partition coefficient (Wildman–Crippen LogP) is 4.02. The first-order valence-electron chi connectivity index (χ1n) is 6.72. The van der Waals surface area contributed by atoms with E-state index in [-0.39, 0.29) is 0 Å². The number of alkyl halides is 1. The van der Waals surface area contributed by atoms with Crippen molar-refractivity contribution in [3.05, 3.63) is 64.7 Å². The van der Waals surface area contributed by atoms with Crippen LogP contribution >= 0.6 is 15.9 Å². The van der Waals surface area contributed by atoms with Crippen LogP contribution in [0.3, 0.4) is 0 Å². The Balaban J connectivity index is 1.94. The van der Waals surface area contributed by atoms with E-state index in [0.29, 0.717) is 0 Å². The lowest BCUT2D eigenvalue weighted by Crippen LogP contribution is -2.30. The fourth-order valence-corrected chi connectivity index (χ4v) is 3.08. The molecule has 1 aliphatic heterocycles. The number of hydrogen-bond donors (Lipinski definition) is 0. The molecule has 0 aromatic heterocycles. The van der Waals surface area contributed by atoms with E-state index in [0.717, 1.165) is 41.7 Å². The maximum Gasteiger partial charge on any atom is 0.101 e. The second kappa shape index (κ2) is 5.68. The first kappa shape index (κ1) is 13.2. The summed E-state index contributed by atoms with van der Waals surface area (Å²) in [6, 6.07) is 17.0. The molecule has 0 saturated carbocycles. The summed E-state index contributed by atoms with van der Waals surface area (Å²) >= 11 is 3.44. The van der Waals surface area contributed by atoms with E-state index < -0.39 is 0 Å². The van der Waals surface area contributed by atoms with Crippen LogP contribution < -0.4 is 4.90 Å². The summed E-state index contributed by atoms with van der Waals surface area (Å²) in [6.07, 6.45) is 1.04. The first-order chi connectivity index (χ1) is 9.81. The van der Waals surface area contributed by atoms with Crippen molar-refractivity contribution in [2.45, 2.75) is 18.3 Å². The Morgan fingerprint density at radius 2 is 1.95 bits per heavy atom. The predicted molar refractivity (Wildman–Crippen MR) is 85.0 cm³/mol. The molecule has 2 aromatic carbocycles. The van der Waals surface area contributed by atoms with Crippen molar-refractivity contribution in [3.8, 4) is 6.07 Å². The molecule has 0 bridgehead atoms. The Bertz CT molecular complexity index is 673. The molecule has 3 rings (SSSR count). The Labute approximate surface area is 127 Å². The minimum absolute atomic E-state index is 0.765. The van der Waals surface area contributed by atoms with Gasteiger partial charge in [0, 0.05) is 18.4 Å². The Morgan fingerprint density at radius 3 is 2.70 bits per heavy atom. The Kier molecular flexibility index (Phi) is 3.75. The summed E-state index contributed by atoms with van der Waals surface area (Å²) in [5, 5.41) is 10.2. The number of rotatable bonds is 2. The monoisotopic (exact) mass is 326 g/mol. The van der Waals surface area contributed by atoms with Gasteiger partial charge in [-0.2, -0.15) is 5.26 Å². The van der Waals surface area contributed by atoms with Gasteiger partial charge in [-0.3, -0.25) is 0 Å². The van der Waals surface area contributed by atoms with E-state index in [1.807, 2.05) is 6.07 Å². The Morgan fingerprint density at radius 1 is 1.15 bits per heavy atom. The highest BCUT2D eigenvalue weighted by atomic mass is 79.9. The SMILES string of the molecule is N#Cc1cc(CBr)ccc1N1CCc2ccccc2C1. The van der Waals surface area contributed by atoms with Crippen LogP contribution in [0.25, 0.3) is 0 Å². The molecule has 1 heterocycles. The fraction of sp³-hybridized carbons (Fsp3) is 0.235. The minimum atomic E-state index is 0.765. The number of fused-ring (bicyclic) bond motifs is 1. The van der Waals surface area contributed by atoms with Gasteiger partial charge in [0.25, 0.3) is 0 Å². The molecule has 0 aliphatic carbocycles. The summed E-state index contributed by atoms with van der Waals surface area (Å²) in [5.74, 6) is 0. The van der Waals surface area contributed by atoms with Crippen molar-refractivity contribution in [2.75, 3.05) is 11.4 Å². The van der Waals surface area contributed by atoms with Gasteiger partial charge in [0.2, 0.25) is 0 Å². The van der Waals surface area contributed by atoms with Crippen LogP contribution in [-0.4, -0.2) is 6.54 Å². The Hall–Kier alpha value is -1.79. The van der Waals surface area contributed by atoms with E-state index in [9.17, 15) is 5.26 Å². The maximum absolute atomic E-state index is 9.37. The largest absolute Gasteiger partial charge is 0.366 e. The maximum atomic E-state index is 9.37. The van der Waals surface area contributed by atoms with E-state index in [2.05, 4.69) is 63.3 Å². The zero-order valence-corrected chi connectivity index (χ0v) is 12.7. The van der Waals surface area contributed by atoms with E-state index in [1.165, 1.54) is 11.1 Å². The van der Waals surface area contributed by atoms with Gasteiger partial charge in [0.15, 0.2) is 0 Å². The van der Waals surface area contributed by atoms with Gasteiger partial charge in [0.1, 0.15) is 6.07 Å². The van der Waals surface area contributed by atoms with Crippen molar-refractivity contribution >= 4 is 21.6 Å². The summed E-state index contributed by atoms with van der Waals surface area (Å²) in [4.78, 5) is 2.30. The molecule has 0 saturated heterocycles. The normalized spacial score (nSPS) is 13.7. The van der Waals surface area contributed by atoms with Gasteiger partial charge < -0.3 is 4.90 Å². The molecule has 0 N–H and O–H groups in total. The van der Waals surface area contributed by atoms with Crippen LogP contribution in [0.15, 0.2) is 42.5 Å². The third-order valence-corrected chi connectivity index (χ3v) is 4.45. The number of hydrogen-bond acceptors (Lipinski definition) is 2. The average molecular weight is 327 g/mol. The molecule has 0 fully saturated rings. The highest BCUT2D eigenvalue weighted by molar-refractivity contribution is 9.08. The number of nitrogens with zero attached hydrogens (tertiary/aromatic N) is 2. The highest BCUT2D eigenvalue weighted by Crippen LogP contribution is 2.28. The lowest BCUT2D eigenvalue weighted by Gasteiger charge is -2.31. The lowest BCUT2D eigenvalue weighted by molar-refractivity contribution is 0.731. The molecular weight excluding hydrogens is 312 g/mol. The molecule has 0 spiro atoms. The topological polar surface area (TPSA) is 27.0 Å². The van der Waals surface area contributed by atoms with Crippen LogP contribution in [0.4, 0.5) is 5.69 Å². The molecule has 0 unspecified atom stereocenters. The van der Waals surface area contributed by atoms with Crippen molar-refractivity contribution in [2.24, 2.45) is 0 Å². The van der Waals surface area contributed by atoms with Gasteiger partial charge >= 0.3 is 0 Å². The van der Waals surface area contributed by atoms with Gasteiger partial charge in [-0.05, 0) is 35.2 Å². The van der Waals surface area contributed by atoms with Crippen molar-refractivity contribution < 1.29 is 0 Å². The quantitative estimate of drug-likeness (QED) is 0.779. The fourth-order valence-electron chi connectivity index (χ4n) is 2.73. The molecule has 3 heteroatoms. The van der Waals surface area contributed by atoms with Gasteiger partial charge in [-0.1, -0.05) is 46.3 Å². The van der Waals surface area contributed by atoms with E-state index >= 15 is 0 Å². The third kappa shape index (κ3) is 2.44. The summed E-state index contributed by atoms with van der Waals surface area (Å²) < 4.78 is 0. The molecule has 0 atom stereocenters. The smallest absolute Gasteiger partial charge is 0.101 e. The number of benzene rings is 2. The number of nitriles is 1. The zero-order chi connectivity index (χ0) is 13.9. The molecule has 0 amide bonds. The molecule has 1 aliphatic rings. The van der Waals surface area contributed by atoms with Crippen LogP contribution in [0.2, 0.25) is 0 Å². The first-order valence-corrected chi connectivity index (χ1v) is 7.84. The van der Waals surface area contributed by atoms with Gasteiger partial charge in [-0.25, -0.2) is 0 Å². The molecule has 2 nitrogen and oxygen atoms in total. The number of anilines is 1. The molecule has 100 valence electrons. The summed E-state index contributed by atoms with van der Waals surface area (Å²) in [5.41, 5.74) is 5.75. The third-order valence-electron chi connectivity index (χ3n) is 3.81. The van der Waals surface area contributed by atoms with Gasteiger partial charge in [0.05, 0.1) is 11.3 Å².